The third kappa shape index (κ3) is 3.40. The van der Waals surface area contributed by atoms with Crippen LogP contribution in [0.15, 0.2) is 47.4 Å². The topological polar surface area (TPSA) is 37.4 Å². The molecular formula is C16H8Cl3NO2S. The highest BCUT2D eigenvalue weighted by Crippen LogP contribution is 2.36. The zero-order chi connectivity index (χ0) is 16.6. The summed E-state index contributed by atoms with van der Waals surface area (Å²) >= 11 is 18.5. The fourth-order valence-electron chi connectivity index (χ4n) is 2.03. The molecule has 0 spiro atoms. The molecule has 1 aliphatic rings. The number of hydrogen-bond acceptors (Lipinski definition) is 3. The maximum atomic E-state index is 12.5. The maximum absolute atomic E-state index is 12.5. The fraction of sp³-hybridized carbons (Fsp3) is 0. The van der Waals surface area contributed by atoms with Crippen LogP contribution in [0, 0.1) is 0 Å². The van der Waals surface area contributed by atoms with Gasteiger partial charge < -0.3 is 0 Å². The second-order valence-corrected chi connectivity index (χ2v) is 6.91. The van der Waals surface area contributed by atoms with Crippen LogP contribution in [0.4, 0.5) is 10.5 Å². The van der Waals surface area contributed by atoms with Crippen molar-refractivity contribution in [3.05, 3.63) is 68.0 Å². The van der Waals surface area contributed by atoms with E-state index in [0.29, 0.717) is 31.2 Å². The number of carbonyl (C=O) groups excluding carboxylic acids is 2. The Balaban J connectivity index is 1.92. The zero-order valence-corrected chi connectivity index (χ0v) is 14.5. The molecule has 1 heterocycles. The molecule has 2 aromatic rings. The number of benzene rings is 2. The lowest BCUT2D eigenvalue weighted by Gasteiger charge is -2.12. The second-order valence-electron chi connectivity index (χ2n) is 4.67. The molecule has 2 aromatic carbocycles. The highest BCUT2D eigenvalue weighted by molar-refractivity contribution is 8.19. The number of rotatable bonds is 2. The summed E-state index contributed by atoms with van der Waals surface area (Å²) in [6.45, 7) is 0. The van der Waals surface area contributed by atoms with Crippen molar-refractivity contribution in [3.63, 3.8) is 0 Å². The summed E-state index contributed by atoms with van der Waals surface area (Å²) in [6, 6.07) is 11.5. The molecule has 23 heavy (non-hydrogen) atoms. The van der Waals surface area contributed by atoms with E-state index in [-0.39, 0.29) is 11.1 Å². The van der Waals surface area contributed by atoms with Gasteiger partial charge in [-0.15, -0.1) is 0 Å². The lowest BCUT2D eigenvalue weighted by Crippen LogP contribution is -2.27. The van der Waals surface area contributed by atoms with Crippen LogP contribution in [-0.2, 0) is 4.79 Å². The summed E-state index contributed by atoms with van der Waals surface area (Å²) in [5.41, 5.74) is 1.18. The van der Waals surface area contributed by atoms with Crippen molar-refractivity contribution in [2.45, 2.75) is 0 Å². The van der Waals surface area contributed by atoms with Crippen molar-refractivity contribution in [3.8, 4) is 0 Å². The van der Waals surface area contributed by atoms with Gasteiger partial charge in [-0.25, -0.2) is 4.90 Å². The Hall–Kier alpha value is -1.46. The van der Waals surface area contributed by atoms with Crippen molar-refractivity contribution in [2.24, 2.45) is 0 Å². The molecule has 1 aliphatic heterocycles. The van der Waals surface area contributed by atoms with Gasteiger partial charge in [0.2, 0.25) is 0 Å². The molecule has 116 valence electrons. The van der Waals surface area contributed by atoms with E-state index in [1.54, 1.807) is 48.5 Å². The van der Waals surface area contributed by atoms with Crippen molar-refractivity contribution >= 4 is 69.5 Å². The average Bonchev–Trinajstić information content (AvgIpc) is 2.79. The molecule has 0 aliphatic carbocycles. The normalized spacial score (nSPS) is 16.5. The van der Waals surface area contributed by atoms with Crippen molar-refractivity contribution < 1.29 is 9.59 Å². The van der Waals surface area contributed by atoms with Gasteiger partial charge in [0.25, 0.3) is 11.1 Å². The molecule has 0 radical (unpaired) electrons. The Bertz CT molecular complexity index is 834. The molecular weight excluding hydrogens is 377 g/mol. The van der Waals surface area contributed by atoms with E-state index in [4.69, 9.17) is 34.8 Å². The zero-order valence-electron chi connectivity index (χ0n) is 11.4. The maximum Gasteiger partial charge on any atom is 0.298 e. The molecule has 0 atom stereocenters. The predicted octanol–water partition coefficient (Wildman–Crippen LogP) is 5.89. The monoisotopic (exact) mass is 383 g/mol. The molecule has 0 N–H and O–H groups in total. The largest absolute Gasteiger partial charge is 0.298 e. The molecule has 1 fully saturated rings. The highest BCUT2D eigenvalue weighted by atomic mass is 35.5. The lowest BCUT2D eigenvalue weighted by atomic mass is 10.2. The van der Waals surface area contributed by atoms with E-state index < -0.39 is 0 Å². The second kappa shape index (κ2) is 6.57. The Morgan fingerprint density at radius 2 is 1.61 bits per heavy atom. The molecule has 0 aromatic heterocycles. The van der Waals surface area contributed by atoms with Gasteiger partial charge in [-0.1, -0.05) is 40.9 Å². The number of thioether (sulfide) groups is 1. The Morgan fingerprint density at radius 1 is 0.913 bits per heavy atom. The molecule has 3 nitrogen and oxygen atoms in total. The lowest BCUT2D eigenvalue weighted by molar-refractivity contribution is -0.113. The fourth-order valence-corrected chi connectivity index (χ4v) is 3.31. The Labute approximate surface area is 151 Å². The standard InChI is InChI=1S/C16H8Cl3NO2S/c17-10-2-4-11(5-3-10)20-15(21)14(23-16(20)22)8-9-1-6-12(18)13(19)7-9/h1-8H/b14-8-. The molecule has 1 saturated heterocycles. The number of carbonyl (C=O) groups is 2. The van der Waals surface area contributed by atoms with Gasteiger partial charge in [0.15, 0.2) is 0 Å². The van der Waals surface area contributed by atoms with Crippen molar-refractivity contribution in [1.29, 1.82) is 0 Å². The summed E-state index contributed by atoms with van der Waals surface area (Å²) in [5.74, 6) is -0.381. The summed E-state index contributed by atoms with van der Waals surface area (Å²) in [6.07, 6.45) is 1.61. The van der Waals surface area contributed by atoms with Crippen molar-refractivity contribution in [1.82, 2.24) is 0 Å². The predicted molar refractivity (Wildman–Crippen MR) is 96.4 cm³/mol. The van der Waals surface area contributed by atoms with Crippen LogP contribution in [0.3, 0.4) is 0 Å². The first-order valence-corrected chi connectivity index (χ1v) is 8.39. The Morgan fingerprint density at radius 3 is 2.26 bits per heavy atom. The van der Waals surface area contributed by atoms with Crippen LogP contribution in [0.2, 0.25) is 15.1 Å². The third-order valence-electron chi connectivity index (χ3n) is 3.12. The molecule has 0 bridgehead atoms. The van der Waals surface area contributed by atoms with E-state index in [1.807, 2.05) is 0 Å². The summed E-state index contributed by atoms with van der Waals surface area (Å²) in [4.78, 5) is 26.1. The molecule has 0 unspecified atom stereocenters. The quantitative estimate of drug-likeness (QED) is 0.606. The first-order chi connectivity index (χ1) is 11.0. The van der Waals surface area contributed by atoms with Gasteiger partial charge in [0.05, 0.1) is 20.6 Å². The highest BCUT2D eigenvalue weighted by Gasteiger charge is 2.36. The summed E-state index contributed by atoms with van der Waals surface area (Å²) in [5, 5.41) is 0.992. The summed E-state index contributed by atoms with van der Waals surface area (Å²) < 4.78 is 0. The number of halogens is 3. The van der Waals surface area contributed by atoms with Crippen LogP contribution in [0.1, 0.15) is 5.56 Å². The smallest absolute Gasteiger partial charge is 0.268 e. The van der Waals surface area contributed by atoms with Crippen LogP contribution in [0.25, 0.3) is 6.08 Å². The average molecular weight is 385 g/mol. The van der Waals surface area contributed by atoms with Gasteiger partial charge in [-0.3, -0.25) is 9.59 Å². The van der Waals surface area contributed by atoms with Gasteiger partial charge >= 0.3 is 0 Å². The van der Waals surface area contributed by atoms with E-state index >= 15 is 0 Å². The summed E-state index contributed by atoms with van der Waals surface area (Å²) in [7, 11) is 0. The van der Waals surface area contributed by atoms with Gasteiger partial charge in [-0.2, -0.15) is 0 Å². The molecule has 7 heteroatoms. The minimum absolute atomic E-state index is 0.323. The number of imide groups is 1. The van der Waals surface area contributed by atoms with Crippen LogP contribution in [0.5, 0.6) is 0 Å². The van der Waals surface area contributed by atoms with Crippen LogP contribution < -0.4 is 4.90 Å². The van der Waals surface area contributed by atoms with E-state index in [0.717, 1.165) is 16.7 Å². The first-order valence-electron chi connectivity index (χ1n) is 6.44. The third-order valence-corrected chi connectivity index (χ3v) is 4.98. The van der Waals surface area contributed by atoms with Crippen LogP contribution >= 0.6 is 46.6 Å². The first kappa shape index (κ1) is 16.4. The Kier molecular flexibility index (Phi) is 4.69. The van der Waals surface area contributed by atoms with Gasteiger partial charge in [-0.05, 0) is 59.8 Å². The SMILES string of the molecule is O=C1S/C(=C\c2ccc(Cl)c(Cl)c2)C(=O)N1c1ccc(Cl)cc1. The minimum atomic E-state index is -0.381. The van der Waals surface area contributed by atoms with E-state index in [1.165, 1.54) is 0 Å². The number of nitrogens with zero attached hydrogens (tertiary/aromatic N) is 1. The molecule has 0 saturated carbocycles. The van der Waals surface area contributed by atoms with Gasteiger partial charge in [0, 0.05) is 5.02 Å². The van der Waals surface area contributed by atoms with Gasteiger partial charge in [0.1, 0.15) is 0 Å². The van der Waals surface area contributed by atoms with Crippen molar-refractivity contribution in [2.75, 3.05) is 4.90 Å². The number of amides is 2. The van der Waals surface area contributed by atoms with E-state index in [2.05, 4.69) is 0 Å². The molecule has 2 amide bonds. The van der Waals surface area contributed by atoms with E-state index in [9.17, 15) is 9.59 Å². The number of anilines is 1. The van der Waals surface area contributed by atoms with Crippen LogP contribution in [-0.4, -0.2) is 11.1 Å². The number of hydrogen-bond donors (Lipinski definition) is 0. The minimum Gasteiger partial charge on any atom is -0.268 e. The molecule has 3 rings (SSSR count).